The van der Waals surface area contributed by atoms with Crippen LogP contribution in [-0.2, 0) is 0 Å². The fourth-order valence-electron chi connectivity index (χ4n) is 1.42. The molecule has 1 N–H and O–H groups in total. The minimum atomic E-state index is 0.388. The molecule has 1 aromatic carbocycles. The van der Waals surface area contributed by atoms with Gasteiger partial charge in [0.25, 0.3) is 0 Å². The van der Waals surface area contributed by atoms with E-state index in [0.717, 1.165) is 17.0 Å². The molecule has 0 spiro atoms. The van der Waals surface area contributed by atoms with Gasteiger partial charge in [-0.3, -0.25) is 4.98 Å². The summed E-state index contributed by atoms with van der Waals surface area (Å²) < 4.78 is 4.81. The molecule has 1 radical (unpaired) electrons. The minimum Gasteiger partial charge on any atom is -0.536 e. The molecule has 0 aliphatic rings. The molecule has 0 saturated heterocycles. The third-order valence-electron chi connectivity index (χ3n) is 2.16. The van der Waals surface area contributed by atoms with Gasteiger partial charge in [0.1, 0.15) is 5.75 Å². The number of halogens is 1. The molecule has 6 heteroatoms. The lowest BCUT2D eigenvalue weighted by atomic mass is 10.1. The summed E-state index contributed by atoms with van der Waals surface area (Å²) in [6.45, 7) is 1.87. The Morgan fingerprint density at radius 3 is 2.82 bits per heavy atom. The van der Waals surface area contributed by atoms with Crippen LogP contribution in [0, 0.1) is 6.92 Å². The highest BCUT2D eigenvalue weighted by Crippen LogP contribution is 2.29. The molecule has 0 fully saturated rings. The van der Waals surface area contributed by atoms with Crippen molar-refractivity contribution in [2.45, 2.75) is 6.92 Å². The third-order valence-corrected chi connectivity index (χ3v) is 2.46. The molecule has 85 valence electrons. The zero-order valence-electron chi connectivity index (χ0n) is 9.09. The molecule has 2 aromatic rings. The van der Waals surface area contributed by atoms with Crippen molar-refractivity contribution in [3.8, 4) is 17.0 Å². The van der Waals surface area contributed by atoms with Crippen LogP contribution in [0.25, 0.3) is 11.3 Å². The van der Waals surface area contributed by atoms with Crippen molar-refractivity contribution in [1.82, 2.24) is 9.97 Å². The highest BCUT2D eigenvalue weighted by Gasteiger charge is 2.06. The molecular formula is C11H9BClN2O2. The first-order valence-electron chi connectivity index (χ1n) is 4.92. The van der Waals surface area contributed by atoms with Gasteiger partial charge in [-0.2, -0.15) is 0 Å². The summed E-state index contributed by atoms with van der Waals surface area (Å²) in [7, 11) is 0.591. The number of hydrogen-bond donors (Lipinski definition) is 1. The number of rotatable bonds is 3. The maximum atomic E-state index is 8.54. The monoisotopic (exact) mass is 247 g/mol. The van der Waals surface area contributed by atoms with Gasteiger partial charge in [-0.1, -0.05) is 11.6 Å². The number of aromatic nitrogens is 2. The first kappa shape index (κ1) is 11.9. The summed E-state index contributed by atoms with van der Waals surface area (Å²) in [4.78, 5) is 8.41. The van der Waals surface area contributed by atoms with Crippen LogP contribution in [0.15, 0.2) is 30.6 Å². The van der Waals surface area contributed by atoms with Gasteiger partial charge < -0.3 is 9.68 Å². The van der Waals surface area contributed by atoms with Gasteiger partial charge in [-0.25, -0.2) is 4.98 Å². The summed E-state index contributed by atoms with van der Waals surface area (Å²) in [6, 6.07) is 5.17. The van der Waals surface area contributed by atoms with Crippen molar-refractivity contribution < 1.29 is 9.68 Å². The second kappa shape index (κ2) is 5.16. The smallest absolute Gasteiger partial charge is 0.536 e. The highest BCUT2D eigenvalue weighted by molar-refractivity contribution is 6.33. The third kappa shape index (κ3) is 2.75. The number of nitrogens with zero attached hydrogens (tertiary/aromatic N) is 2. The van der Waals surface area contributed by atoms with Crippen LogP contribution in [0.5, 0.6) is 5.75 Å². The molecule has 17 heavy (non-hydrogen) atoms. The van der Waals surface area contributed by atoms with E-state index in [2.05, 4.69) is 9.97 Å². The number of hydrogen-bond acceptors (Lipinski definition) is 4. The van der Waals surface area contributed by atoms with Crippen LogP contribution in [-0.4, -0.2) is 22.7 Å². The van der Waals surface area contributed by atoms with Gasteiger partial charge in [-0.05, 0) is 25.1 Å². The lowest BCUT2D eigenvalue weighted by Gasteiger charge is -2.06. The van der Waals surface area contributed by atoms with Gasteiger partial charge in [0, 0.05) is 11.8 Å². The minimum absolute atomic E-state index is 0.388. The first-order chi connectivity index (χ1) is 8.20. The fourth-order valence-corrected chi connectivity index (χ4v) is 1.64. The van der Waals surface area contributed by atoms with Crippen LogP contribution < -0.4 is 4.65 Å². The summed E-state index contributed by atoms with van der Waals surface area (Å²) in [5.74, 6) is 0.388. The van der Waals surface area contributed by atoms with Gasteiger partial charge >= 0.3 is 7.69 Å². The van der Waals surface area contributed by atoms with Crippen molar-refractivity contribution in [1.29, 1.82) is 0 Å². The van der Waals surface area contributed by atoms with E-state index in [4.69, 9.17) is 21.3 Å². The predicted molar refractivity (Wildman–Crippen MR) is 65.8 cm³/mol. The van der Waals surface area contributed by atoms with E-state index in [1.165, 1.54) is 0 Å². The van der Waals surface area contributed by atoms with Crippen molar-refractivity contribution in [2.75, 3.05) is 0 Å². The quantitative estimate of drug-likeness (QED) is 0.843. The van der Waals surface area contributed by atoms with Crippen molar-refractivity contribution in [3.63, 3.8) is 0 Å². The van der Waals surface area contributed by atoms with Crippen LogP contribution >= 0.6 is 11.6 Å². The molecule has 0 bridgehead atoms. The van der Waals surface area contributed by atoms with E-state index >= 15 is 0 Å². The Morgan fingerprint density at radius 2 is 2.18 bits per heavy atom. The molecule has 0 unspecified atom stereocenters. The van der Waals surface area contributed by atoms with Crippen LogP contribution in [0.4, 0.5) is 0 Å². The maximum absolute atomic E-state index is 8.54. The summed E-state index contributed by atoms with van der Waals surface area (Å²) in [6.07, 6.45) is 3.35. The van der Waals surface area contributed by atoms with Crippen molar-refractivity contribution in [2.24, 2.45) is 0 Å². The van der Waals surface area contributed by atoms with Gasteiger partial charge in [-0.15, -0.1) is 0 Å². The lowest BCUT2D eigenvalue weighted by Crippen LogP contribution is -2.00. The van der Waals surface area contributed by atoms with Crippen LogP contribution in [0.1, 0.15) is 5.69 Å². The Balaban J connectivity index is 2.37. The highest BCUT2D eigenvalue weighted by atomic mass is 35.5. The molecule has 0 amide bonds. The van der Waals surface area contributed by atoms with Gasteiger partial charge in [0.15, 0.2) is 0 Å². The SMILES string of the molecule is Cc1cncc(-c2ccc(O[B]O)c(Cl)c2)n1. The van der Waals surface area contributed by atoms with Crippen molar-refractivity contribution in [3.05, 3.63) is 41.3 Å². The standard InChI is InChI=1S/C11H9BClN2O2/c1-7-5-14-6-10(15-7)8-2-3-11(17-12-16)9(13)4-8/h2-6,16H,1H3. The Bertz CT molecular complexity index is 537. The van der Waals surface area contributed by atoms with Crippen molar-refractivity contribution >= 4 is 19.3 Å². The summed E-state index contributed by atoms with van der Waals surface area (Å²) in [5, 5.41) is 8.94. The Labute approximate surface area is 105 Å². The molecule has 4 nitrogen and oxygen atoms in total. The van der Waals surface area contributed by atoms with E-state index in [-0.39, 0.29) is 0 Å². The lowest BCUT2D eigenvalue weighted by molar-refractivity contribution is 0.454. The van der Waals surface area contributed by atoms with Gasteiger partial charge in [0.05, 0.1) is 22.6 Å². The normalized spacial score (nSPS) is 10.1. The zero-order valence-corrected chi connectivity index (χ0v) is 9.85. The maximum Gasteiger partial charge on any atom is 0.569 e. The first-order valence-corrected chi connectivity index (χ1v) is 5.29. The predicted octanol–water partition coefficient (Wildman–Crippen LogP) is 2.01. The second-order valence-corrected chi connectivity index (χ2v) is 3.82. The number of benzene rings is 1. The average molecular weight is 247 g/mol. The molecule has 1 aromatic heterocycles. The second-order valence-electron chi connectivity index (χ2n) is 3.41. The van der Waals surface area contributed by atoms with Gasteiger partial charge in [0.2, 0.25) is 0 Å². The molecule has 2 rings (SSSR count). The Hall–Kier alpha value is -1.59. The van der Waals surface area contributed by atoms with E-state index in [0.29, 0.717) is 18.5 Å². The van der Waals surface area contributed by atoms with Crippen LogP contribution in [0.3, 0.4) is 0 Å². The molecule has 0 atom stereocenters. The van der Waals surface area contributed by atoms with E-state index in [1.807, 2.05) is 6.92 Å². The molecule has 0 aliphatic carbocycles. The largest absolute Gasteiger partial charge is 0.569 e. The summed E-state index contributed by atoms with van der Waals surface area (Å²) in [5.41, 5.74) is 2.42. The van der Waals surface area contributed by atoms with E-state index in [9.17, 15) is 0 Å². The fraction of sp³-hybridized carbons (Fsp3) is 0.0909. The van der Waals surface area contributed by atoms with E-state index < -0.39 is 0 Å². The van der Waals surface area contributed by atoms with Crippen LogP contribution in [0.2, 0.25) is 5.02 Å². The zero-order chi connectivity index (χ0) is 12.3. The Kier molecular flexibility index (Phi) is 3.61. The molecule has 0 aliphatic heterocycles. The molecule has 1 heterocycles. The Morgan fingerprint density at radius 1 is 1.35 bits per heavy atom. The topological polar surface area (TPSA) is 55.2 Å². The molecular weight excluding hydrogens is 238 g/mol. The summed E-state index contributed by atoms with van der Waals surface area (Å²) >= 11 is 5.99. The number of aryl methyl sites for hydroxylation is 1. The molecule has 0 saturated carbocycles. The average Bonchev–Trinajstić information content (AvgIpc) is 2.32. The van der Waals surface area contributed by atoms with E-state index in [1.54, 1.807) is 30.6 Å².